The molecule has 3 aromatic heterocycles. The van der Waals surface area contributed by atoms with Gasteiger partial charge in [-0.15, -0.1) is 0 Å². The molecule has 0 amide bonds. The fourth-order valence-corrected chi connectivity index (χ4v) is 5.42. The predicted octanol–water partition coefficient (Wildman–Crippen LogP) is 3.91. The second-order valence-corrected chi connectivity index (χ2v) is 10.4. The van der Waals surface area contributed by atoms with Gasteiger partial charge in [0.05, 0.1) is 11.4 Å². The van der Waals surface area contributed by atoms with Crippen LogP contribution in [0, 0.1) is 0 Å². The Kier molecular flexibility index (Phi) is 5.51. The summed E-state index contributed by atoms with van der Waals surface area (Å²) in [5, 5.41) is 1.09. The van der Waals surface area contributed by atoms with Gasteiger partial charge in [-0.05, 0) is 60.2 Å². The smallest absolute Gasteiger partial charge is 0.278 e. The van der Waals surface area contributed by atoms with Gasteiger partial charge in [0.15, 0.2) is 0 Å². The highest BCUT2D eigenvalue weighted by Gasteiger charge is 2.29. The molecule has 3 heterocycles. The van der Waals surface area contributed by atoms with Crippen molar-refractivity contribution in [1.82, 2.24) is 9.38 Å². The molecule has 0 aliphatic carbocycles. The molecule has 0 aliphatic heterocycles. The van der Waals surface area contributed by atoms with E-state index in [2.05, 4.69) is 4.98 Å². The van der Waals surface area contributed by atoms with E-state index in [0.717, 1.165) is 5.56 Å². The van der Waals surface area contributed by atoms with E-state index in [1.54, 1.807) is 48.7 Å². The summed E-state index contributed by atoms with van der Waals surface area (Å²) in [6.07, 6.45) is 1.58. The molecule has 0 bridgehead atoms. The maximum atomic E-state index is 13.6. The molecule has 0 unspecified atom stereocenters. The fraction of sp³-hybridized carbons (Fsp3) is 0.0417. The molecule has 0 saturated carbocycles. The van der Waals surface area contributed by atoms with Crippen LogP contribution < -0.4 is 15.9 Å². The minimum Gasteiger partial charge on any atom is -0.317 e. The van der Waals surface area contributed by atoms with Gasteiger partial charge in [-0.25, -0.2) is 13.0 Å². The molecular formula is C24H17Cl2N4O3S+. The molecular weight excluding hydrogens is 495 g/mol. The zero-order valence-electron chi connectivity index (χ0n) is 17.5. The van der Waals surface area contributed by atoms with Crippen LogP contribution in [0.15, 0.2) is 93.6 Å². The molecule has 0 fully saturated rings. The highest BCUT2D eigenvalue weighted by atomic mass is 35.5. The average Bonchev–Trinajstić information content (AvgIpc) is 2.82. The lowest BCUT2D eigenvalue weighted by atomic mass is 10.2. The normalized spacial score (nSPS) is 11.8. The van der Waals surface area contributed by atoms with Crippen molar-refractivity contribution in [2.24, 2.45) is 0 Å². The van der Waals surface area contributed by atoms with Crippen LogP contribution in [0.25, 0.3) is 16.7 Å². The van der Waals surface area contributed by atoms with Crippen LogP contribution in [-0.4, -0.2) is 17.8 Å². The van der Waals surface area contributed by atoms with E-state index < -0.39 is 15.4 Å². The lowest BCUT2D eigenvalue weighted by molar-refractivity contribution is -0.651. The van der Waals surface area contributed by atoms with Crippen molar-refractivity contribution < 1.29 is 13.0 Å². The van der Waals surface area contributed by atoms with Gasteiger partial charge in [0.25, 0.3) is 11.2 Å². The summed E-state index contributed by atoms with van der Waals surface area (Å²) in [7, 11) is -4.07. The van der Waals surface area contributed by atoms with Crippen molar-refractivity contribution >= 4 is 55.5 Å². The number of nitrogen functional groups attached to an aromatic ring is 1. The monoisotopic (exact) mass is 511 g/mol. The first-order valence-corrected chi connectivity index (χ1v) is 12.4. The Morgan fingerprint density at radius 2 is 1.59 bits per heavy atom. The van der Waals surface area contributed by atoms with Gasteiger partial charge in [-0.3, -0.25) is 9.20 Å². The molecule has 170 valence electrons. The van der Waals surface area contributed by atoms with Gasteiger partial charge in [0, 0.05) is 16.2 Å². The van der Waals surface area contributed by atoms with Crippen LogP contribution in [0.4, 0.5) is 5.82 Å². The number of aromatic nitrogens is 3. The molecule has 0 saturated heterocycles. The van der Waals surface area contributed by atoms with E-state index in [1.807, 2.05) is 0 Å². The third-order valence-corrected chi connectivity index (χ3v) is 7.79. The first-order chi connectivity index (χ1) is 16.3. The molecule has 2 N–H and O–H groups in total. The van der Waals surface area contributed by atoms with E-state index in [4.69, 9.17) is 28.9 Å². The van der Waals surface area contributed by atoms with Crippen LogP contribution in [0.2, 0.25) is 10.0 Å². The Balaban J connectivity index is 1.85. The summed E-state index contributed by atoms with van der Waals surface area (Å²) < 4.78 is 30.0. The van der Waals surface area contributed by atoms with Gasteiger partial charge in [0.1, 0.15) is 10.3 Å². The molecule has 0 aliphatic rings. The van der Waals surface area contributed by atoms with E-state index >= 15 is 0 Å². The number of sulfone groups is 1. The first kappa shape index (κ1) is 22.3. The highest BCUT2D eigenvalue weighted by molar-refractivity contribution is 7.91. The number of rotatable bonds is 4. The van der Waals surface area contributed by atoms with Crippen molar-refractivity contribution in [3.63, 3.8) is 0 Å². The van der Waals surface area contributed by atoms with Crippen LogP contribution in [0.1, 0.15) is 5.56 Å². The molecule has 7 nitrogen and oxygen atoms in total. The number of nitrogens with zero attached hydrogens (tertiary/aromatic N) is 3. The van der Waals surface area contributed by atoms with E-state index in [9.17, 15) is 13.2 Å². The SMILES string of the molecule is Nc1c(S(=O)(=O)c2ccc(Cl)cc2)cc2c(=O)n3ccccc3nc2[n+]1Cc1ccc(Cl)cc1. The minimum absolute atomic E-state index is 0.00911. The number of nitrogens with two attached hydrogens (primary N) is 1. The third kappa shape index (κ3) is 3.79. The van der Waals surface area contributed by atoms with Crippen molar-refractivity contribution in [2.45, 2.75) is 16.3 Å². The Morgan fingerprint density at radius 1 is 0.941 bits per heavy atom. The number of halogens is 2. The van der Waals surface area contributed by atoms with Crippen LogP contribution in [0.3, 0.4) is 0 Å². The fourth-order valence-electron chi connectivity index (χ4n) is 3.76. The van der Waals surface area contributed by atoms with E-state index in [-0.39, 0.29) is 33.2 Å². The van der Waals surface area contributed by atoms with Gasteiger partial charge >= 0.3 is 0 Å². The largest absolute Gasteiger partial charge is 0.317 e. The molecule has 0 atom stereocenters. The quantitative estimate of drug-likeness (QED) is 0.291. The lowest BCUT2D eigenvalue weighted by Gasteiger charge is -2.13. The zero-order valence-corrected chi connectivity index (χ0v) is 19.8. The number of hydrogen-bond donors (Lipinski definition) is 1. The molecule has 5 aromatic rings. The lowest BCUT2D eigenvalue weighted by Crippen LogP contribution is -2.42. The summed E-state index contributed by atoms with van der Waals surface area (Å²) in [4.78, 5) is 17.8. The summed E-state index contributed by atoms with van der Waals surface area (Å²) in [5.74, 6) is -0.0374. The molecule has 0 spiro atoms. The van der Waals surface area contributed by atoms with Crippen molar-refractivity contribution in [1.29, 1.82) is 0 Å². The average molecular weight is 512 g/mol. The summed E-state index contributed by atoms with van der Waals surface area (Å²) in [6.45, 7) is 0.179. The molecule has 5 rings (SSSR count). The summed E-state index contributed by atoms with van der Waals surface area (Å²) >= 11 is 11.9. The van der Waals surface area contributed by atoms with Crippen LogP contribution in [-0.2, 0) is 16.4 Å². The first-order valence-electron chi connectivity index (χ1n) is 10.1. The number of hydrogen-bond acceptors (Lipinski definition) is 5. The Hall–Kier alpha value is -3.46. The van der Waals surface area contributed by atoms with Crippen molar-refractivity contribution in [3.8, 4) is 0 Å². The Morgan fingerprint density at radius 3 is 2.26 bits per heavy atom. The van der Waals surface area contributed by atoms with Crippen LogP contribution >= 0.6 is 23.2 Å². The number of anilines is 1. The number of fused-ring (bicyclic) bond motifs is 2. The van der Waals surface area contributed by atoms with Crippen molar-refractivity contribution in [2.75, 3.05) is 5.73 Å². The molecule has 0 radical (unpaired) electrons. The Labute approximate surface area is 204 Å². The topological polar surface area (TPSA) is 98.4 Å². The number of pyridine rings is 2. The van der Waals surface area contributed by atoms with Gasteiger partial charge in [-0.1, -0.05) is 46.4 Å². The molecule has 34 heavy (non-hydrogen) atoms. The van der Waals surface area contributed by atoms with Gasteiger partial charge in [-0.2, -0.15) is 0 Å². The minimum atomic E-state index is -4.07. The van der Waals surface area contributed by atoms with Crippen LogP contribution in [0.5, 0.6) is 0 Å². The highest BCUT2D eigenvalue weighted by Crippen LogP contribution is 2.27. The second-order valence-electron chi connectivity index (χ2n) is 7.65. The maximum Gasteiger partial charge on any atom is 0.278 e. The number of benzene rings is 2. The zero-order chi connectivity index (χ0) is 24.0. The van der Waals surface area contributed by atoms with E-state index in [1.165, 1.54) is 39.3 Å². The van der Waals surface area contributed by atoms with Crippen molar-refractivity contribution in [3.05, 3.63) is 105 Å². The summed E-state index contributed by atoms with van der Waals surface area (Å²) in [6, 6.07) is 19.3. The van der Waals surface area contributed by atoms with Gasteiger partial charge in [0.2, 0.25) is 21.3 Å². The third-order valence-electron chi connectivity index (χ3n) is 5.49. The maximum absolute atomic E-state index is 13.6. The van der Waals surface area contributed by atoms with E-state index in [0.29, 0.717) is 15.7 Å². The predicted molar refractivity (Wildman–Crippen MR) is 131 cm³/mol. The molecule has 10 heteroatoms. The van der Waals surface area contributed by atoms with Gasteiger partial charge < -0.3 is 5.73 Å². The molecule has 2 aromatic carbocycles. The summed E-state index contributed by atoms with van der Waals surface area (Å²) in [5.41, 5.74) is 7.55. The standard InChI is InChI=1S/C24H16Cl2N4O3S/c25-16-6-4-15(5-7-16)14-30-22(27)20(34(32,33)18-10-8-17(26)9-11-18)13-19-23(30)28-21-3-1-2-12-29(21)24(19)31/h1-13,27H,14H2/p+1. The second kappa shape index (κ2) is 8.39. The Bertz CT molecular complexity index is 1730.